The number of esters is 1. The van der Waals surface area contributed by atoms with E-state index >= 15 is 0 Å². The molecule has 0 saturated carbocycles. The van der Waals surface area contributed by atoms with Gasteiger partial charge in [-0.25, -0.2) is 4.79 Å². The number of non-ortho nitro benzene ring substituents is 2. The number of aliphatic hydroxyl groups excluding tert-OH is 3. The first-order chi connectivity index (χ1) is 36.4. The number of phenolic OH excluding ortho intramolecular Hbond substituents is 2. The summed E-state index contributed by atoms with van der Waals surface area (Å²) < 4.78 is 19.9. The fourth-order valence-corrected chi connectivity index (χ4v) is 6.97. The molecule has 23 nitrogen and oxygen atoms in total. The van der Waals surface area contributed by atoms with Gasteiger partial charge in [-0.3, -0.25) is 39.9 Å². The van der Waals surface area contributed by atoms with Crippen molar-refractivity contribution in [3.63, 3.8) is 0 Å². The van der Waals surface area contributed by atoms with Gasteiger partial charge < -0.3 is 55.6 Å². The van der Waals surface area contributed by atoms with Crippen LogP contribution < -0.4 is 19.9 Å². The Balaban J connectivity index is 0.000000357. The number of ketones is 1. The van der Waals surface area contributed by atoms with E-state index < -0.39 is 33.4 Å². The van der Waals surface area contributed by atoms with E-state index in [1.54, 1.807) is 36.4 Å². The van der Waals surface area contributed by atoms with Crippen LogP contribution in [0.1, 0.15) is 119 Å². The van der Waals surface area contributed by atoms with E-state index in [0.717, 1.165) is 43.7 Å². The number of hydrogen-bond donors (Lipinski definition) is 7. The summed E-state index contributed by atoms with van der Waals surface area (Å²) in [6, 6.07) is 22.6. The number of unbranched alkanes of at least 4 members (excludes halogenated alkanes) is 5. The summed E-state index contributed by atoms with van der Waals surface area (Å²) in [5.41, 5.74) is 8.33. The molecule has 23 heteroatoms. The monoisotopic (exact) mass is 1060 g/mol. The number of ether oxygens (including phenoxy) is 4. The van der Waals surface area contributed by atoms with E-state index in [2.05, 4.69) is 0 Å². The third-order valence-electron chi connectivity index (χ3n) is 10.8. The van der Waals surface area contributed by atoms with E-state index in [4.69, 9.17) is 45.4 Å². The molecular weight excluding hydrogens is 995 g/mol. The summed E-state index contributed by atoms with van der Waals surface area (Å²) in [4.78, 5) is 65.5. The summed E-state index contributed by atoms with van der Waals surface area (Å²) >= 11 is 0. The number of rotatable bonds is 27. The number of methoxy groups -OCH3 is 1. The predicted molar refractivity (Wildman–Crippen MR) is 280 cm³/mol. The zero-order valence-electron chi connectivity index (χ0n) is 42.5. The minimum Gasteiger partial charge on any atom is -0.508 e. The molecular formula is C53H65N5O18. The first-order valence-electron chi connectivity index (χ1n) is 23.9. The van der Waals surface area contributed by atoms with Gasteiger partial charge in [0.1, 0.15) is 18.1 Å². The van der Waals surface area contributed by atoms with E-state index in [-0.39, 0.29) is 77.6 Å². The lowest BCUT2D eigenvalue weighted by Gasteiger charge is -2.14. The number of carbonyl (C=O) groups excluding carboxylic acids is 3. The Labute approximate surface area is 438 Å². The molecule has 0 spiro atoms. The van der Waals surface area contributed by atoms with Gasteiger partial charge in [0.15, 0.2) is 24.1 Å². The van der Waals surface area contributed by atoms with Crippen molar-refractivity contribution in [1.29, 1.82) is 5.41 Å². The Kier molecular flexibility index (Phi) is 29.1. The number of aromatic hydroxyl groups is 2. The number of primary amides is 1. The molecule has 0 heterocycles. The number of amides is 1. The van der Waals surface area contributed by atoms with Gasteiger partial charge >= 0.3 is 5.97 Å². The number of nitrogens with two attached hydrogens (primary N) is 1. The summed E-state index contributed by atoms with van der Waals surface area (Å²) in [5, 5.41) is 85.5. The lowest BCUT2D eigenvalue weighted by molar-refractivity contribution is -0.385. The molecule has 0 unspecified atom stereocenters. The molecule has 5 aromatic carbocycles. The second-order valence-corrected chi connectivity index (χ2v) is 16.3. The summed E-state index contributed by atoms with van der Waals surface area (Å²) in [6.07, 6.45) is 8.70. The average molecular weight is 1060 g/mol. The zero-order chi connectivity index (χ0) is 56.6. The zero-order valence-corrected chi connectivity index (χ0v) is 42.5. The molecule has 0 radical (unpaired) electrons. The van der Waals surface area contributed by atoms with Gasteiger partial charge in [0.25, 0.3) is 17.1 Å². The van der Waals surface area contributed by atoms with Crippen LogP contribution in [0.5, 0.6) is 28.7 Å². The smallest absolute Gasteiger partial charge is 0.338 e. The highest BCUT2D eigenvalue weighted by atomic mass is 16.6. The average Bonchev–Trinajstić information content (AvgIpc) is 3.40. The highest BCUT2D eigenvalue weighted by Gasteiger charge is 2.26. The van der Waals surface area contributed by atoms with Crippen LogP contribution in [0.3, 0.4) is 0 Å². The van der Waals surface area contributed by atoms with Crippen LogP contribution in [-0.2, 0) is 24.0 Å². The van der Waals surface area contributed by atoms with Gasteiger partial charge in [-0.15, -0.1) is 0 Å². The van der Waals surface area contributed by atoms with Crippen LogP contribution >= 0.6 is 0 Å². The van der Waals surface area contributed by atoms with Crippen molar-refractivity contribution in [2.75, 3.05) is 40.3 Å². The number of nitrogens with one attached hydrogen (secondary N) is 1. The Morgan fingerprint density at radius 3 is 1.92 bits per heavy atom. The first kappa shape index (κ1) is 63.6. The molecule has 76 heavy (non-hydrogen) atoms. The molecule has 1 amide bonds. The van der Waals surface area contributed by atoms with Crippen LogP contribution in [0.4, 0.5) is 17.1 Å². The summed E-state index contributed by atoms with van der Waals surface area (Å²) in [6.45, 7) is 3.40. The van der Waals surface area contributed by atoms with Crippen LogP contribution in [0, 0.1) is 35.8 Å². The minimum absolute atomic E-state index is 0.0244. The highest BCUT2D eigenvalue weighted by Crippen LogP contribution is 2.45. The second kappa shape index (κ2) is 34.8. The molecule has 0 saturated heterocycles. The molecule has 0 aliphatic heterocycles. The molecule has 0 aliphatic carbocycles. The first-order valence-corrected chi connectivity index (χ1v) is 23.9. The fourth-order valence-electron chi connectivity index (χ4n) is 6.97. The topological polar surface area (TPSA) is 369 Å². The van der Waals surface area contributed by atoms with Crippen molar-refractivity contribution in [2.45, 2.75) is 84.5 Å². The maximum atomic E-state index is 11.8. The minimum atomic E-state index is -0.710. The van der Waals surface area contributed by atoms with Gasteiger partial charge in [-0.1, -0.05) is 50.1 Å². The lowest BCUT2D eigenvalue weighted by Crippen LogP contribution is -2.14. The standard InChI is InChI=1S/C18H20N2O5.C14H20N2O6.C13H16O3.C8H9NO4/c19-18(23)16-9-12(3-1-2-8-21)4-5-13(16)10-14-11-15(20(24)25)6-7-17(14)22;1-21-12-8-11(16(19)20)10(6-4-2-3-5-7-15)14(13(12)18)22-9-17;1-3-4-9-16-13(15)12-8-6-5-7-11(12)10(2)14;10-5-6-13-8-3-1-7(2-4-8)9(11)12/h4-7,9,11,21-22H,1-3,8,10H2,(H2,19,23);7-8,15,17-18H,2-6,9H2,1H3;5-8H,3-4,9H2,1-2H3;1-4,10H,5-6H2. The maximum Gasteiger partial charge on any atom is 0.338 e. The molecule has 5 rings (SSSR count). The fraction of sp³-hybridized carbons (Fsp3) is 0.358. The molecule has 0 fully saturated rings. The van der Waals surface area contributed by atoms with Gasteiger partial charge in [-0.2, -0.15) is 0 Å². The van der Waals surface area contributed by atoms with Crippen molar-refractivity contribution >= 4 is 40.9 Å². The maximum absolute atomic E-state index is 11.8. The van der Waals surface area contributed by atoms with Crippen molar-refractivity contribution in [3.05, 3.63) is 160 Å². The number of nitro benzene ring substituents is 3. The number of carbonyl (C=O) groups is 3. The van der Waals surface area contributed by atoms with Crippen molar-refractivity contribution in [3.8, 4) is 28.7 Å². The number of nitrogens with zero attached hydrogens (tertiary/aromatic N) is 3. The number of aryl methyl sites for hydroxylation is 1. The molecule has 5 aromatic rings. The Bertz CT molecular complexity index is 2700. The Morgan fingerprint density at radius 2 is 1.36 bits per heavy atom. The van der Waals surface area contributed by atoms with Gasteiger partial charge in [0.05, 0.1) is 52.3 Å². The normalized spacial score (nSPS) is 10.2. The molecule has 410 valence electrons. The van der Waals surface area contributed by atoms with Gasteiger partial charge in [0, 0.05) is 54.0 Å². The van der Waals surface area contributed by atoms with Gasteiger partial charge in [-0.05, 0) is 106 Å². The Morgan fingerprint density at radius 1 is 0.697 bits per heavy atom. The largest absolute Gasteiger partial charge is 0.508 e. The van der Waals surface area contributed by atoms with Crippen molar-refractivity contribution < 1.29 is 73.6 Å². The van der Waals surface area contributed by atoms with E-state index in [1.807, 2.05) is 13.0 Å². The van der Waals surface area contributed by atoms with E-state index in [0.29, 0.717) is 72.3 Å². The van der Waals surface area contributed by atoms with E-state index in [1.165, 1.54) is 62.7 Å². The second-order valence-electron chi connectivity index (χ2n) is 16.3. The van der Waals surface area contributed by atoms with Crippen LogP contribution in [0.25, 0.3) is 0 Å². The van der Waals surface area contributed by atoms with E-state index in [9.17, 15) is 54.9 Å². The molecule has 0 aromatic heterocycles. The van der Waals surface area contributed by atoms with Crippen molar-refractivity contribution in [2.24, 2.45) is 5.73 Å². The predicted octanol–water partition coefficient (Wildman–Crippen LogP) is 8.51. The number of Topliss-reactive ketones (excluding diaryl/α,β-unsaturated/α-hetero) is 1. The molecule has 0 bridgehead atoms. The third kappa shape index (κ3) is 21.5. The third-order valence-corrected chi connectivity index (χ3v) is 10.8. The van der Waals surface area contributed by atoms with Crippen LogP contribution in [0.2, 0.25) is 0 Å². The number of hydrogen-bond acceptors (Lipinski definition) is 19. The molecule has 8 N–H and O–H groups in total. The summed E-state index contributed by atoms with van der Waals surface area (Å²) in [5.74, 6) is -1.26. The number of benzene rings is 5. The summed E-state index contributed by atoms with van der Waals surface area (Å²) in [7, 11) is 1.28. The number of nitro groups is 3. The number of aliphatic hydroxyl groups is 3. The Hall–Kier alpha value is -8.54. The van der Waals surface area contributed by atoms with Crippen LogP contribution in [0.15, 0.2) is 91.0 Å². The van der Waals surface area contributed by atoms with Crippen molar-refractivity contribution in [1.82, 2.24) is 0 Å². The molecule has 0 atom stereocenters. The van der Waals surface area contributed by atoms with Gasteiger partial charge in [0.2, 0.25) is 11.7 Å². The lowest BCUT2D eigenvalue weighted by atomic mass is 9.95. The number of phenols is 2. The highest BCUT2D eigenvalue weighted by molar-refractivity contribution is 6.05. The quantitative estimate of drug-likeness (QED) is 0.00492. The SMILES string of the molecule is CCCCOC(=O)c1ccccc1C(C)=O.COc1cc([N+](=O)[O-])c(CCCCCC=N)c(OCO)c1O.NC(=O)c1cc(CCCCO)ccc1Cc1cc([N+](=O)[O-])ccc1O.O=[N+]([O-])c1ccc(OCCO)cc1. The molecule has 0 aliphatic rings. The van der Waals surface area contributed by atoms with Crippen LogP contribution in [-0.4, -0.2) is 105 Å².